The van der Waals surface area contributed by atoms with Crippen LogP contribution in [0.25, 0.3) is 0 Å². The Bertz CT molecular complexity index is 443. The van der Waals surface area contributed by atoms with Gasteiger partial charge in [0.2, 0.25) is 0 Å². The van der Waals surface area contributed by atoms with Crippen LogP contribution in [-0.2, 0) is 16.0 Å². The van der Waals surface area contributed by atoms with Crippen molar-refractivity contribution in [1.29, 1.82) is 0 Å². The van der Waals surface area contributed by atoms with Gasteiger partial charge in [0.05, 0.1) is 7.11 Å². The Balaban J connectivity index is 2.32. The highest BCUT2D eigenvalue weighted by Crippen LogP contribution is 2.11. The van der Waals surface area contributed by atoms with Gasteiger partial charge in [0.15, 0.2) is 0 Å². The lowest BCUT2D eigenvalue weighted by molar-refractivity contribution is -0.139. The fourth-order valence-electron chi connectivity index (χ4n) is 1.58. The first-order valence-corrected chi connectivity index (χ1v) is 6.78. The summed E-state index contributed by atoms with van der Waals surface area (Å²) < 4.78 is 5.07. The molecule has 1 rings (SSSR count). The molecule has 0 aliphatic carbocycles. The highest BCUT2D eigenvalue weighted by Gasteiger charge is 2.14. The summed E-state index contributed by atoms with van der Waals surface area (Å²) in [5, 5.41) is 5.23. The first kappa shape index (κ1) is 16.0. The van der Waals surface area contributed by atoms with Gasteiger partial charge in [0.1, 0.15) is 5.75 Å². The van der Waals surface area contributed by atoms with E-state index >= 15 is 0 Å². The van der Waals surface area contributed by atoms with Crippen LogP contribution >= 0.6 is 0 Å². The van der Waals surface area contributed by atoms with Crippen LogP contribution < -0.4 is 15.4 Å². The molecule has 0 aromatic heterocycles. The summed E-state index contributed by atoms with van der Waals surface area (Å²) >= 11 is 0. The molecule has 0 fully saturated rings. The molecule has 0 bridgehead atoms. The topological polar surface area (TPSA) is 67.4 Å². The molecule has 2 N–H and O–H groups in total. The summed E-state index contributed by atoms with van der Waals surface area (Å²) in [6, 6.07) is 7.61. The molecule has 1 aromatic carbocycles. The molecule has 1 atom stereocenters. The van der Waals surface area contributed by atoms with Gasteiger partial charge in [-0.3, -0.25) is 9.59 Å². The van der Waals surface area contributed by atoms with E-state index in [0.29, 0.717) is 13.0 Å². The number of benzene rings is 1. The van der Waals surface area contributed by atoms with Crippen molar-refractivity contribution in [3.8, 4) is 5.75 Å². The zero-order valence-corrected chi connectivity index (χ0v) is 12.2. The van der Waals surface area contributed by atoms with Crippen LogP contribution in [0.15, 0.2) is 24.3 Å². The van der Waals surface area contributed by atoms with E-state index in [-0.39, 0.29) is 6.04 Å². The molecule has 20 heavy (non-hydrogen) atoms. The van der Waals surface area contributed by atoms with Crippen LogP contribution in [-0.4, -0.2) is 31.5 Å². The van der Waals surface area contributed by atoms with E-state index in [0.717, 1.165) is 17.7 Å². The lowest BCUT2D eigenvalue weighted by atomic mass is 10.1. The Morgan fingerprint density at radius 1 is 1.20 bits per heavy atom. The van der Waals surface area contributed by atoms with Gasteiger partial charge in [-0.15, -0.1) is 0 Å². The largest absolute Gasteiger partial charge is 0.497 e. The third-order valence-corrected chi connectivity index (χ3v) is 3.05. The molecule has 0 spiro atoms. The standard InChI is InChI=1S/C15H22N2O3/c1-4-11(2)17-15(19)14(18)16-10-9-12-5-7-13(20-3)8-6-12/h5-8,11H,4,9-10H2,1-3H3,(H,16,18)(H,17,19)/t11-/m1/s1. The second kappa shape index (κ2) is 8.19. The molecule has 110 valence electrons. The van der Waals surface area contributed by atoms with Crippen LogP contribution in [0.4, 0.5) is 0 Å². The van der Waals surface area contributed by atoms with Crippen molar-refractivity contribution in [3.63, 3.8) is 0 Å². The highest BCUT2D eigenvalue weighted by molar-refractivity contribution is 6.35. The summed E-state index contributed by atoms with van der Waals surface area (Å²) in [5.74, 6) is -0.362. The van der Waals surface area contributed by atoms with Gasteiger partial charge in [-0.1, -0.05) is 19.1 Å². The minimum Gasteiger partial charge on any atom is -0.497 e. The van der Waals surface area contributed by atoms with Gasteiger partial charge in [-0.05, 0) is 37.5 Å². The minimum atomic E-state index is -0.584. The minimum absolute atomic E-state index is 0.00911. The third kappa shape index (κ3) is 5.30. The molecular weight excluding hydrogens is 256 g/mol. The summed E-state index contributed by atoms with van der Waals surface area (Å²) in [6.45, 7) is 4.24. The van der Waals surface area contributed by atoms with E-state index in [9.17, 15) is 9.59 Å². The van der Waals surface area contributed by atoms with Gasteiger partial charge in [0, 0.05) is 12.6 Å². The van der Waals surface area contributed by atoms with Crippen LogP contribution in [0.1, 0.15) is 25.8 Å². The second-order valence-corrected chi connectivity index (χ2v) is 4.64. The molecule has 0 radical (unpaired) electrons. The fourth-order valence-corrected chi connectivity index (χ4v) is 1.58. The molecule has 5 heteroatoms. The van der Waals surface area contributed by atoms with E-state index in [1.807, 2.05) is 38.1 Å². The predicted molar refractivity (Wildman–Crippen MR) is 77.6 cm³/mol. The lowest BCUT2D eigenvalue weighted by Gasteiger charge is -2.11. The number of amides is 2. The summed E-state index contributed by atoms with van der Waals surface area (Å²) in [6.07, 6.45) is 1.47. The molecule has 0 heterocycles. The molecule has 5 nitrogen and oxygen atoms in total. The van der Waals surface area contributed by atoms with Crippen LogP contribution in [0.2, 0.25) is 0 Å². The third-order valence-electron chi connectivity index (χ3n) is 3.05. The number of hydrogen-bond acceptors (Lipinski definition) is 3. The maximum Gasteiger partial charge on any atom is 0.309 e. The molecular formula is C15H22N2O3. The lowest BCUT2D eigenvalue weighted by Crippen LogP contribution is -2.43. The number of hydrogen-bond donors (Lipinski definition) is 2. The fraction of sp³-hybridized carbons (Fsp3) is 0.467. The summed E-state index contributed by atoms with van der Waals surface area (Å²) in [7, 11) is 1.62. The quantitative estimate of drug-likeness (QED) is 0.770. The van der Waals surface area contributed by atoms with Crippen molar-refractivity contribution in [1.82, 2.24) is 10.6 Å². The summed E-state index contributed by atoms with van der Waals surface area (Å²) in [5.41, 5.74) is 1.08. The molecule has 0 unspecified atom stereocenters. The number of rotatable bonds is 6. The Hall–Kier alpha value is -2.04. The monoisotopic (exact) mass is 278 g/mol. The first-order valence-electron chi connectivity index (χ1n) is 6.78. The molecule has 2 amide bonds. The zero-order chi connectivity index (χ0) is 15.0. The van der Waals surface area contributed by atoms with Gasteiger partial charge in [-0.2, -0.15) is 0 Å². The maximum absolute atomic E-state index is 11.5. The molecule has 1 aromatic rings. The van der Waals surface area contributed by atoms with E-state index in [4.69, 9.17) is 4.74 Å². The molecule has 0 aliphatic heterocycles. The highest BCUT2D eigenvalue weighted by atomic mass is 16.5. The maximum atomic E-state index is 11.5. The second-order valence-electron chi connectivity index (χ2n) is 4.64. The van der Waals surface area contributed by atoms with Crippen molar-refractivity contribution in [2.75, 3.05) is 13.7 Å². The SMILES string of the molecule is CC[C@@H](C)NC(=O)C(=O)NCCc1ccc(OC)cc1. The average molecular weight is 278 g/mol. The predicted octanol–water partition coefficient (Wildman–Crippen LogP) is 1.27. The van der Waals surface area contributed by atoms with E-state index < -0.39 is 11.8 Å². The zero-order valence-electron chi connectivity index (χ0n) is 12.2. The molecule has 0 aliphatic rings. The normalized spacial score (nSPS) is 11.6. The molecule has 0 saturated heterocycles. The Kier molecular flexibility index (Phi) is 6.56. The van der Waals surface area contributed by atoms with Crippen LogP contribution in [0, 0.1) is 0 Å². The number of carbonyl (C=O) groups excluding carboxylic acids is 2. The van der Waals surface area contributed by atoms with Crippen molar-refractivity contribution in [2.45, 2.75) is 32.7 Å². The van der Waals surface area contributed by atoms with E-state index in [1.165, 1.54) is 0 Å². The Morgan fingerprint density at radius 2 is 1.85 bits per heavy atom. The number of methoxy groups -OCH3 is 1. The van der Waals surface area contributed by atoms with E-state index in [1.54, 1.807) is 7.11 Å². The van der Waals surface area contributed by atoms with Gasteiger partial charge < -0.3 is 15.4 Å². The number of nitrogens with one attached hydrogen (secondary N) is 2. The first-order chi connectivity index (χ1) is 9.56. The van der Waals surface area contributed by atoms with Crippen LogP contribution in [0.3, 0.4) is 0 Å². The number of ether oxygens (including phenoxy) is 1. The smallest absolute Gasteiger partial charge is 0.309 e. The van der Waals surface area contributed by atoms with Crippen molar-refractivity contribution in [3.05, 3.63) is 29.8 Å². The van der Waals surface area contributed by atoms with E-state index in [2.05, 4.69) is 10.6 Å². The molecule has 0 saturated carbocycles. The Labute approximate surface area is 119 Å². The summed E-state index contributed by atoms with van der Waals surface area (Å²) in [4.78, 5) is 23.0. The van der Waals surface area contributed by atoms with Crippen molar-refractivity contribution >= 4 is 11.8 Å². The number of carbonyl (C=O) groups is 2. The van der Waals surface area contributed by atoms with Crippen molar-refractivity contribution < 1.29 is 14.3 Å². The van der Waals surface area contributed by atoms with Crippen molar-refractivity contribution in [2.24, 2.45) is 0 Å². The van der Waals surface area contributed by atoms with Gasteiger partial charge >= 0.3 is 11.8 Å². The van der Waals surface area contributed by atoms with Gasteiger partial charge in [0.25, 0.3) is 0 Å². The Morgan fingerprint density at radius 3 is 2.40 bits per heavy atom. The average Bonchev–Trinajstić information content (AvgIpc) is 2.47. The van der Waals surface area contributed by atoms with Gasteiger partial charge in [-0.25, -0.2) is 0 Å². The van der Waals surface area contributed by atoms with Crippen LogP contribution in [0.5, 0.6) is 5.75 Å².